The summed E-state index contributed by atoms with van der Waals surface area (Å²) in [6.45, 7) is 2.03. The molecule has 3 aromatic carbocycles. The van der Waals surface area contributed by atoms with E-state index in [4.69, 9.17) is 0 Å². The van der Waals surface area contributed by atoms with Gasteiger partial charge in [0, 0.05) is 29.9 Å². The van der Waals surface area contributed by atoms with Crippen LogP contribution in [-0.4, -0.2) is 34.6 Å². The maximum absolute atomic E-state index is 13.1. The maximum atomic E-state index is 13.1. The Morgan fingerprint density at radius 1 is 0.816 bits per heavy atom. The Morgan fingerprint density at radius 3 is 2.11 bits per heavy atom. The van der Waals surface area contributed by atoms with E-state index in [2.05, 4.69) is 17.4 Å². The molecule has 0 radical (unpaired) electrons. The standard InChI is InChI=1S/C32H37NO4S/c1-2-10-27(21-31(35)33-29(32(36)37)23-38-22-26-13-7-4-8-14-26)20-30(34)28-16-9-15-25(19-28)18-17-24-11-5-3-6-12-24/h3-9,11-16,19,27,29H,2,10,17-18,20-23H2,1H3,(H,33,35)(H,36,37)/t27?,29-/m0/s1. The number of benzene rings is 3. The van der Waals surface area contributed by atoms with E-state index in [-0.39, 0.29) is 36.2 Å². The van der Waals surface area contributed by atoms with Crippen LogP contribution in [0.15, 0.2) is 84.9 Å². The molecular formula is C32H37NO4S. The van der Waals surface area contributed by atoms with Crippen molar-refractivity contribution in [3.63, 3.8) is 0 Å². The second-order valence-corrected chi connectivity index (χ2v) is 10.7. The van der Waals surface area contributed by atoms with Gasteiger partial charge in [0.1, 0.15) is 6.04 Å². The number of ketones is 1. The van der Waals surface area contributed by atoms with Crippen LogP contribution in [0.4, 0.5) is 0 Å². The summed E-state index contributed by atoms with van der Waals surface area (Å²) in [5.41, 5.74) is 4.15. The van der Waals surface area contributed by atoms with Crippen molar-refractivity contribution in [3.8, 4) is 0 Å². The Hall–Kier alpha value is -3.38. The summed E-state index contributed by atoms with van der Waals surface area (Å²) in [4.78, 5) is 37.6. The maximum Gasteiger partial charge on any atom is 0.327 e. The third-order valence-corrected chi connectivity index (χ3v) is 7.58. The average Bonchev–Trinajstić information content (AvgIpc) is 2.92. The molecule has 0 aromatic heterocycles. The lowest BCUT2D eigenvalue weighted by Crippen LogP contribution is -2.43. The van der Waals surface area contributed by atoms with Gasteiger partial charge in [0.2, 0.25) is 5.91 Å². The van der Waals surface area contributed by atoms with Crippen LogP contribution in [0.5, 0.6) is 0 Å². The van der Waals surface area contributed by atoms with Gasteiger partial charge in [-0.3, -0.25) is 9.59 Å². The Morgan fingerprint density at radius 2 is 1.45 bits per heavy atom. The number of hydrogen-bond acceptors (Lipinski definition) is 4. The van der Waals surface area contributed by atoms with Crippen LogP contribution < -0.4 is 5.32 Å². The monoisotopic (exact) mass is 531 g/mol. The molecule has 3 aromatic rings. The van der Waals surface area contributed by atoms with E-state index in [1.165, 1.54) is 17.3 Å². The first-order chi connectivity index (χ1) is 18.4. The molecule has 0 saturated carbocycles. The number of hydrogen-bond donors (Lipinski definition) is 2. The van der Waals surface area contributed by atoms with Crippen LogP contribution in [0, 0.1) is 5.92 Å². The Labute approximate surface area is 230 Å². The molecule has 0 aliphatic heterocycles. The van der Waals surface area contributed by atoms with Crippen LogP contribution in [0.2, 0.25) is 0 Å². The molecule has 1 unspecified atom stereocenters. The molecule has 38 heavy (non-hydrogen) atoms. The summed E-state index contributed by atoms with van der Waals surface area (Å²) in [6.07, 6.45) is 3.74. The normalized spacial score (nSPS) is 12.4. The minimum Gasteiger partial charge on any atom is -0.480 e. The lowest BCUT2D eigenvalue weighted by Gasteiger charge is -2.18. The van der Waals surface area contributed by atoms with Gasteiger partial charge in [-0.2, -0.15) is 11.8 Å². The smallest absolute Gasteiger partial charge is 0.327 e. The number of aryl methyl sites for hydroxylation is 2. The summed E-state index contributed by atoms with van der Waals surface area (Å²) in [5.74, 6) is -0.520. The number of aliphatic carboxylic acids is 1. The van der Waals surface area contributed by atoms with Gasteiger partial charge in [-0.05, 0) is 47.9 Å². The fourth-order valence-corrected chi connectivity index (χ4v) is 5.46. The molecule has 3 rings (SSSR count). The molecule has 0 heterocycles. The highest BCUT2D eigenvalue weighted by molar-refractivity contribution is 7.98. The molecule has 0 spiro atoms. The lowest BCUT2D eigenvalue weighted by molar-refractivity contribution is -0.141. The van der Waals surface area contributed by atoms with E-state index in [0.717, 1.165) is 36.8 Å². The van der Waals surface area contributed by atoms with Crippen molar-refractivity contribution in [2.75, 3.05) is 5.75 Å². The first-order valence-corrected chi connectivity index (χ1v) is 14.4. The average molecular weight is 532 g/mol. The lowest BCUT2D eigenvalue weighted by atomic mass is 9.90. The number of carbonyl (C=O) groups excluding carboxylic acids is 2. The van der Waals surface area contributed by atoms with Crippen LogP contribution >= 0.6 is 11.8 Å². The molecular weight excluding hydrogens is 494 g/mol. The summed E-state index contributed by atoms with van der Waals surface area (Å²) >= 11 is 1.48. The fourth-order valence-electron chi connectivity index (χ4n) is 4.46. The van der Waals surface area contributed by atoms with E-state index in [9.17, 15) is 19.5 Å². The van der Waals surface area contributed by atoms with Crippen molar-refractivity contribution < 1.29 is 19.5 Å². The van der Waals surface area contributed by atoms with Crippen molar-refractivity contribution >= 4 is 29.4 Å². The zero-order chi connectivity index (χ0) is 27.2. The zero-order valence-corrected chi connectivity index (χ0v) is 22.8. The van der Waals surface area contributed by atoms with Gasteiger partial charge in [-0.1, -0.05) is 92.2 Å². The minimum absolute atomic E-state index is 0.0195. The number of thioether (sulfide) groups is 1. The number of carboxylic acid groups (broad SMARTS) is 1. The topological polar surface area (TPSA) is 83.5 Å². The zero-order valence-electron chi connectivity index (χ0n) is 22.0. The van der Waals surface area contributed by atoms with Gasteiger partial charge in [-0.15, -0.1) is 0 Å². The minimum atomic E-state index is -1.05. The number of carboxylic acids is 1. The number of carbonyl (C=O) groups is 3. The van der Waals surface area contributed by atoms with Crippen molar-refractivity contribution in [3.05, 3.63) is 107 Å². The number of nitrogens with one attached hydrogen (secondary N) is 1. The predicted molar refractivity (Wildman–Crippen MR) is 154 cm³/mol. The van der Waals surface area contributed by atoms with E-state index in [1.807, 2.05) is 79.7 Å². The molecule has 0 bridgehead atoms. The SMILES string of the molecule is CCCC(CC(=O)N[C@@H](CSCc1ccccc1)C(=O)O)CC(=O)c1cccc(CCc2ccccc2)c1. The third-order valence-electron chi connectivity index (χ3n) is 6.47. The molecule has 5 nitrogen and oxygen atoms in total. The molecule has 2 atom stereocenters. The molecule has 0 fully saturated rings. The van der Waals surface area contributed by atoms with Crippen LogP contribution in [-0.2, 0) is 28.2 Å². The fraction of sp³-hybridized carbons (Fsp3) is 0.344. The van der Waals surface area contributed by atoms with Gasteiger partial charge in [0.15, 0.2) is 5.78 Å². The first kappa shape index (κ1) is 29.2. The Balaban J connectivity index is 1.52. The first-order valence-electron chi connectivity index (χ1n) is 13.2. The number of amides is 1. The molecule has 0 aliphatic rings. The summed E-state index contributed by atoms with van der Waals surface area (Å²) in [6, 6.07) is 26.9. The van der Waals surface area contributed by atoms with Gasteiger partial charge >= 0.3 is 5.97 Å². The highest BCUT2D eigenvalue weighted by atomic mass is 32.2. The second kappa shape index (κ2) is 15.8. The summed E-state index contributed by atoms with van der Waals surface area (Å²) in [7, 11) is 0. The van der Waals surface area contributed by atoms with E-state index < -0.39 is 12.0 Å². The molecule has 6 heteroatoms. The highest BCUT2D eigenvalue weighted by Gasteiger charge is 2.23. The van der Waals surface area contributed by atoms with Gasteiger partial charge in [-0.25, -0.2) is 4.79 Å². The van der Waals surface area contributed by atoms with Crippen molar-refractivity contribution in [2.24, 2.45) is 5.92 Å². The quantitative estimate of drug-likeness (QED) is 0.210. The van der Waals surface area contributed by atoms with Crippen molar-refractivity contribution in [1.82, 2.24) is 5.32 Å². The molecule has 1 amide bonds. The van der Waals surface area contributed by atoms with E-state index >= 15 is 0 Å². The van der Waals surface area contributed by atoms with Crippen molar-refractivity contribution in [1.29, 1.82) is 0 Å². The molecule has 0 saturated heterocycles. The third kappa shape index (κ3) is 10.2. The van der Waals surface area contributed by atoms with Gasteiger partial charge < -0.3 is 10.4 Å². The van der Waals surface area contributed by atoms with E-state index in [0.29, 0.717) is 11.3 Å². The second-order valence-electron chi connectivity index (χ2n) is 9.63. The summed E-state index contributed by atoms with van der Waals surface area (Å²) < 4.78 is 0. The molecule has 0 aliphatic carbocycles. The van der Waals surface area contributed by atoms with Crippen molar-refractivity contribution in [2.45, 2.75) is 57.2 Å². The van der Waals surface area contributed by atoms with Crippen LogP contribution in [0.3, 0.4) is 0 Å². The largest absolute Gasteiger partial charge is 0.480 e. The van der Waals surface area contributed by atoms with Crippen LogP contribution in [0.25, 0.3) is 0 Å². The predicted octanol–water partition coefficient (Wildman–Crippen LogP) is 6.35. The highest BCUT2D eigenvalue weighted by Crippen LogP contribution is 2.21. The van der Waals surface area contributed by atoms with E-state index in [1.54, 1.807) is 0 Å². The Kier molecular flexibility index (Phi) is 12.1. The molecule has 2 N–H and O–H groups in total. The Bertz CT molecular complexity index is 1170. The number of rotatable bonds is 16. The van der Waals surface area contributed by atoms with Gasteiger partial charge in [0.25, 0.3) is 0 Å². The molecule has 200 valence electrons. The van der Waals surface area contributed by atoms with Gasteiger partial charge in [0.05, 0.1) is 0 Å². The van der Waals surface area contributed by atoms with Crippen LogP contribution in [0.1, 0.15) is 59.7 Å². The summed E-state index contributed by atoms with van der Waals surface area (Å²) in [5, 5.41) is 12.3. The number of Topliss-reactive ketones (excluding diaryl/α,β-unsaturated/α-hetero) is 1.